The topological polar surface area (TPSA) is 82.9 Å². The molecule has 0 radical (unpaired) electrons. The molecule has 1 amide bonds. The minimum absolute atomic E-state index is 0.0314. The van der Waals surface area contributed by atoms with E-state index in [0.717, 1.165) is 0 Å². The summed E-state index contributed by atoms with van der Waals surface area (Å²) in [5.41, 5.74) is -0.126. The second-order valence-electron chi connectivity index (χ2n) is 11.9. The highest BCUT2D eigenvalue weighted by atomic mass is 16.6. The summed E-state index contributed by atoms with van der Waals surface area (Å²) in [7, 11) is 0. The summed E-state index contributed by atoms with van der Waals surface area (Å²) < 4.78 is 19.0. The fourth-order valence-electron chi connectivity index (χ4n) is 3.80. The lowest BCUT2D eigenvalue weighted by molar-refractivity contribution is 0.0126. The number of ether oxygens (including phenoxy) is 3. The minimum Gasteiger partial charge on any atom is -0.490 e. The van der Waals surface area contributed by atoms with Gasteiger partial charge in [-0.3, -0.25) is 0 Å². The number of hydrogen-bond donors (Lipinski definition) is 0. The van der Waals surface area contributed by atoms with Gasteiger partial charge in [0.1, 0.15) is 28.9 Å². The van der Waals surface area contributed by atoms with Crippen molar-refractivity contribution in [1.29, 1.82) is 0 Å². The smallest absolute Gasteiger partial charge is 0.420 e. The van der Waals surface area contributed by atoms with E-state index in [1.165, 1.54) is 0 Å². The number of likely N-dealkylation sites (tertiary alicyclic amines) is 1. The number of carbonyl (C=O) groups is 2. The van der Waals surface area contributed by atoms with Gasteiger partial charge in [0.2, 0.25) is 0 Å². The molecule has 1 aliphatic rings. The number of aromatic nitrogens is 2. The van der Waals surface area contributed by atoms with Crippen molar-refractivity contribution in [2.45, 2.75) is 97.9 Å². The third kappa shape index (κ3) is 6.42. The van der Waals surface area contributed by atoms with E-state index in [0.29, 0.717) is 48.5 Å². The van der Waals surface area contributed by atoms with E-state index in [1.54, 1.807) is 9.47 Å². The maximum absolute atomic E-state index is 13.1. The molecule has 8 heteroatoms. The Balaban J connectivity index is 1.79. The van der Waals surface area contributed by atoms with Crippen LogP contribution in [0.4, 0.5) is 9.59 Å². The lowest BCUT2D eigenvalue weighted by atomic mass is 9.96. The Labute approximate surface area is 202 Å². The van der Waals surface area contributed by atoms with E-state index in [1.807, 2.05) is 80.5 Å². The zero-order valence-corrected chi connectivity index (χ0v) is 22.0. The molecule has 1 aromatic carbocycles. The largest absolute Gasteiger partial charge is 0.490 e. The van der Waals surface area contributed by atoms with Gasteiger partial charge in [-0.15, -0.1) is 0 Å². The Hall–Kier alpha value is -2.77. The normalized spacial score (nSPS) is 16.0. The summed E-state index contributed by atoms with van der Waals surface area (Å²) in [5, 5.41) is 0. The van der Waals surface area contributed by atoms with Crippen molar-refractivity contribution >= 4 is 23.2 Å². The molecule has 34 heavy (non-hydrogen) atoms. The highest BCUT2D eigenvalue weighted by molar-refractivity contribution is 5.89. The van der Waals surface area contributed by atoms with Crippen molar-refractivity contribution in [3.63, 3.8) is 0 Å². The van der Waals surface area contributed by atoms with Crippen LogP contribution in [-0.4, -0.2) is 57.0 Å². The predicted octanol–water partition coefficient (Wildman–Crippen LogP) is 5.90. The average molecular weight is 474 g/mol. The van der Waals surface area contributed by atoms with Gasteiger partial charge in [0, 0.05) is 37.4 Å². The van der Waals surface area contributed by atoms with Crippen molar-refractivity contribution < 1.29 is 23.8 Å². The number of rotatable bonds is 2. The van der Waals surface area contributed by atoms with Crippen LogP contribution in [0.2, 0.25) is 0 Å². The lowest BCUT2D eigenvalue weighted by Gasteiger charge is -2.33. The van der Waals surface area contributed by atoms with Crippen molar-refractivity contribution in [2.75, 3.05) is 13.1 Å². The first-order valence-electron chi connectivity index (χ1n) is 11.9. The van der Waals surface area contributed by atoms with Gasteiger partial charge in [0.15, 0.2) is 0 Å². The molecular weight excluding hydrogens is 434 g/mol. The third-order valence-corrected chi connectivity index (χ3v) is 5.27. The lowest BCUT2D eigenvalue weighted by Crippen LogP contribution is -2.44. The fraction of sp³-hybridized carbons (Fsp3) is 0.654. The van der Waals surface area contributed by atoms with E-state index >= 15 is 0 Å². The van der Waals surface area contributed by atoms with Crippen LogP contribution >= 0.6 is 0 Å². The quantitative estimate of drug-likeness (QED) is 0.540. The number of piperidine rings is 1. The molecule has 8 nitrogen and oxygen atoms in total. The highest BCUT2D eigenvalue weighted by Gasteiger charge is 2.30. The summed E-state index contributed by atoms with van der Waals surface area (Å²) in [5.74, 6) is 1.30. The number of benzene rings is 1. The molecule has 0 N–H and O–H groups in total. The molecule has 0 unspecified atom stereocenters. The van der Waals surface area contributed by atoms with E-state index in [2.05, 4.69) is 0 Å². The average Bonchev–Trinajstić information content (AvgIpc) is 3.05. The van der Waals surface area contributed by atoms with Crippen LogP contribution in [0.1, 0.15) is 81.0 Å². The van der Waals surface area contributed by atoms with Crippen LogP contribution in [0, 0.1) is 0 Å². The number of amides is 1. The fourth-order valence-corrected chi connectivity index (χ4v) is 3.80. The summed E-state index contributed by atoms with van der Waals surface area (Å²) in [6, 6.07) is 5.60. The molecule has 0 spiro atoms. The van der Waals surface area contributed by atoms with Crippen LogP contribution in [-0.2, 0) is 14.9 Å². The molecule has 0 saturated carbocycles. The summed E-state index contributed by atoms with van der Waals surface area (Å²) in [6.07, 6.45) is 0.633. The van der Waals surface area contributed by atoms with Crippen LogP contribution in [0.3, 0.4) is 0 Å². The molecule has 0 aliphatic carbocycles. The first kappa shape index (κ1) is 25.8. The first-order chi connectivity index (χ1) is 15.5. The van der Waals surface area contributed by atoms with Crippen molar-refractivity contribution in [2.24, 2.45) is 0 Å². The first-order valence-corrected chi connectivity index (χ1v) is 11.9. The highest BCUT2D eigenvalue weighted by Crippen LogP contribution is 2.30. The van der Waals surface area contributed by atoms with Gasteiger partial charge in [-0.1, -0.05) is 20.8 Å². The van der Waals surface area contributed by atoms with Gasteiger partial charge in [-0.2, -0.15) is 0 Å². The van der Waals surface area contributed by atoms with Gasteiger partial charge in [0.05, 0.1) is 11.0 Å². The van der Waals surface area contributed by atoms with Gasteiger partial charge in [-0.05, 0) is 53.7 Å². The molecule has 0 bridgehead atoms. The van der Waals surface area contributed by atoms with Gasteiger partial charge < -0.3 is 19.1 Å². The van der Waals surface area contributed by atoms with Crippen molar-refractivity contribution in [1.82, 2.24) is 14.5 Å². The number of hydrogen-bond acceptors (Lipinski definition) is 6. The molecule has 1 saturated heterocycles. The number of nitrogens with zero attached hydrogens (tertiary/aromatic N) is 3. The van der Waals surface area contributed by atoms with Gasteiger partial charge in [0.25, 0.3) is 0 Å². The zero-order chi connectivity index (χ0) is 25.5. The SMILES string of the molecule is CC(C)(C)OC(=O)N1CCC(Oc2ccc3nc(C(C)(C)C)n(C(=O)OC(C)(C)C)c3c2)CC1. The van der Waals surface area contributed by atoms with Crippen LogP contribution in [0.15, 0.2) is 18.2 Å². The Morgan fingerprint density at radius 3 is 1.97 bits per heavy atom. The van der Waals surface area contributed by atoms with E-state index in [-0.39, 0.29) is 17.6 Å². The zero-order valence-electron chi connectivity index (χ0n) is 22.0. The van der Waals surface area contributed by atoms with E-state index < -0.39 is 17.3 Å². The maximum Gasteiger partial charge on any atom is 0.420 e. The van der Waals surface area contributed by atoms with Crippen molar-refractivity contribution in [3.05, 3.63) is 24.0 Å². The Morgan fingerprint density at radius 1 is 0.882 bits per heavy atom. The van der Waals surface area contributed by atoms with E-state index in [4.69, 9.17) is 19.2 Å². The summed E-state index contributed by atoms with van der Waals surface area (Å²) >= 11 is 0. The maximum atomic E-state index is 13.1. The predicted molar refractivity (Wildman–Crippen MR) is 132 cm³/mol. The molecule has 2 aromatic rings. The monoisotopic (exact) mass is 473 g/mol. The molecule has 0 atom stereocenters. The van der Waals surface area contributed by atoms with Crippen LogP contribution in [0.5, 0.6) is 5.75 Å². The summed E-state index contributed by atoms with van der Waals surface area (Å²) in [4.78, 5) is 31.9. The third-order valence-electron chi connectivity index (χ3n) is 5.27. The number of carbonyl (C=O) groups excluding carboxylic acids is 2. The Morgan fingerprint density at radius 2 is 1.44 bits per heavy atom. The molecule has 2 heterocycles. The Kier molecular flexibility index (Phi) is 6.93. The summed E-state index contributed by atoms with van der Waals surface area (Å²) in [6.45, 7) is 18.3. The van der Waals surface area contributed by atoms with Crippen molar-refractivity contribution in [3.8, 4) is 5.75 Å². The minimum atomic E-state index is -0.626. The van der Waals surface area contributed by atoms with Crippen LogP contribution in [0.25, 0.3) is 11.0 Å². The molecule has 3 rings (SSSR count). The molecule has 1 aliphatic heterocycles. The second kappa shape index (κ2) is 9.12. The van der Waals surface area contributed by atoms with E-state index in [9.17, 15) is 9.59 Å². The number of fused-ring (bicyclic) bond motifs is 1. The second-order valence-corrected chi connectivity index (χ2v) is 11.9. The number of imidazole rings is 1. The molecular formula is C26H39N3O5. The molecule has 188 valence electrons. The van der Waals surface area contributed by atoms with Gasteiger partial charge in [-0.25, -0.2) is 19.1 Å². The molecule has 1 fully saturated rings. The Bertz CT molecular complexity index is 1050. The van der Waals surface area contributed by atoms with Crippen LogP contribution < -0.4 is 4.74 Å². The van der Waals surface area contributed by atoms with Gasteiger partial charge >= 0.3 is 12.2 Å². The standard InChI is InChI=1S/C26H39N3O5/c1-24(2,3)21-27-19-11-10-18(16-20(19)29(21)23(31)34-26(7,8)9)32-17-12-14-28(15-13-17)22(30)33-25(4,5)6/h10-11,16-17H,12-15H2,1-9H3. The molecule has 1 aromatic heterocycles.